The summed E-state index contributed by atoms with van der Waals surface area (Å²) in [5, 5.41) is 0.665. The maximum Gasteiger partial charge on any atom is 0.147 e. The van der Waals surface area contributed by atoms with E-state index in [1.54, 1.807) is 6.20 Å². The number of aldehydes is 1. The smallest absolute Gasteiger partial charge is 0.147 e. The van der Waals surface area contributed by atoms with Gasteiger partial charge in [0.1, 0.15) is 12.3 Å². The quantitative estimate of drug-likeness (QED) is 0.586. The molecule has 27 heavy (non-hydrogen) atoms. The van der Waals surface area contributed by atoms with Crippen LogP contribution in [-0.2, 0) is 4.79 Å². The molecule has 4 rings (SSSR count). The Balaban J connectivity index is 1.87. The van der Waals surface area contributed by atoms with Gasteiger partial charge < -0.3 is 9.69 Å². The van der Waals surface area contributed by atoms with E-state index in [-0.39, 0.29) is 0 Å². The summed E-state index contributed by atoms with van der Waals surface area (Å²) in [6.07, 6.45) is 6.75. The highest BCUT2D eigenvalue weighted by Gasteiger charge is 2.27. The van der Waals surface area contributed by atoms with Gasteiger partial charge in [0.05, 0.1) is 5.69 Å². The van der Waals surface area contributed by atoms with Crippen molar-refractivity contribution in [1.29, 1.82) is 0 Å². The predicted octanol–water partition coefficient (Wildman–Crippen LogP) is 5.25. The SMILES string of the molecule is O=CC1C(c2ccc(Cl)cc2)=CC(c2ccccn2)=CN1c1ccccc1. The first-order valence-corrected chi connectivity index (χ1v) is 9.03. The third-order valence-electron chi connectivity index (χ3n) is 4.53. The van der Waals surface area contributed by atoms with E-state index in [0.29, 0.717) is 5.02 Å². The monoisotopic (exact) mass is 372 g/mol. The van der Waals surface area contributed by atoms with Crippen molar-refractivity contribution in [2.75, 3.05) is 4.90 Å². The third kappa shape index (κ3) is 3.55. The van der Waals surface area contributed by atoms with Gasteiger partial charge in [0.25, 0.3) is 0 Å². The summed E-state index contributed by atoms with van der Waals surface area (Å²) in [5.74, 6) is 0. The van der Waals surface area contributed by atoms with Crippen LogP contribution in [0.2, 0.25) is 5.02 Å². The Morgan fingerprint density at radius 2 is 1.67 bits per heavy atom. The Hall–Kier alpha value is -3.17. The number of hydrogen-bond donors (Lipinski definition) is 0. The molecule has 132 valence electrons. The molecule has 3 nitrogen and oxygen atoms in total. The molecule has 1 aliphatic rings. The Morgan fingerprint density at radius 1 is 0.926 bits per heavy atom. The van der Waals surface area contributed by atoms with Crippen molar-refractivity contribution in [2.45, 2.75) is 6.04 Å². The number of hydrogen-bond acceptors (Lipinski definition) is 3. The summed E-state index contributed by atoms with van der Waals surface area (Å²) >= 11 is 6.05. The van der Waals surface area contributed by atoms with Crippen molar-refractivity contribution in [3.8, 4) is 0 Å². The fraction of sp³-hybridized carbons (Fsp3) is 0.0435. The number of benzene rings is 2. The number of aromatic nitrogens is 1. The van der Waals surface area contributed by atoms with E-state index in [4.69, 9.17) is 11.6 Å². The van der Waals surface area contributed by atoms with Crippen molar-refractivity contribution in [3.05, 3.63) is 108 Å². The summed E-state index contributed by atoms with van der Waals surface area (Å²) in [5.41, 5.74) is 4.62. The minimum atomic E-state index is -0.430. The summed E-state index contributed by atoms with van der Waals surface area (Å²) in [7, 11) is 0. The van der Waals surface area contributed by atoms with Gasteiger partial charge in [-0.1, -0.05) is 48.0 Å². The van der Waals surface area contributed by atoms with Crippen molar-refractivity contribution < 1.29 is 4.79 Å². The van der Waals surface area contributed by atoms with Gasteiger partial charge in [0.2, 0.25) is 0 Å². The Bertz CT molecular complexity index is 996. The molecule has 0 saturated heterocycles. The van der Waals surface area contributed by atoms with E-state index in [2.05, 4.69) is 4.98 Å². The maximum absolute atomic E-state index is 12.1. The zero-order chi connectivity index (χ0) is 18.6. The molecule has 0 fully saturated rings. The average Bonchev–Trinajstić information content (AvgIpc) is 2.74. The van der Waals surface area contributed by atoms with Crippen molar-refractivity contribution in [2.24, 2.45) is 0 Å². The lowest BCUT2D eigenvalue weighted by atomic mass is 9.91. The molecule has 1 unspecified atom stereocenters. The van der Waals surface area contributed by atoms with Gasteiger partial charge in [-0.05, 0) is 53.6 Å². The maximum atomic E-state index is 12.1. The minimum absolute atomic E-state index is 0.430. The van der Waals surface area contributed by atoms with Gasteiger partial charge in [-0.15, -0.1) is 0 Å². The fourth-order valence-corrected chi connectivity index (χ4v) is 3.34. The molecular weight excluding hydrogens is 356 g/mol. The molecule has 0 radical (unpaired) electrons. The second kappa shape index (κ2) is 7.60. The van der Waals surface area contributed by atoms with Crippen LogP contribution in [-0.4, -0.2) is 17.3 Å². The molecule has 1 aliphatic heterocycles. The van der Waals surface area contributed by atoms with Crippen LogP contribution in [0.5, 0.6) is 0 Å². The lowest BCUT2D eigenvalue weighted by Gasteiger charge is -2.33. The zero-order valence-electron chi connectivity index (χ0n) is 14.5. The van der Waals surface area contributed by atoms with Gasteiger partial charge in [0.15, 0.2) is 0 Å². The van der Waals surface area contributed by atoms with Crippen LogP contribution in [0.1, 0.15) is 11.3 Å². The van der Waals surface area contributed by atoms with Crippen LogP contribution in [0, 0.1) is 0 Å². The number of carbonyl (C=O) groups is 1. The van der Waals surface area contributed by atoms with E-state index in [1.807, 2.05) is 90.0 Å². The normalized spacial score (nSPS) is 16.5. The van der Waals surface area contributed by atoms with Crippen LogP contribution in [0.25, 0.3) is 11.1 Å². The molecule has 0 amide bonds. The van der Waals surface area contributed by atoms with Crippen molar-refractivity contribution in [3.63, 3.8) is 0 Å². The summed E-state index contributed by atoms with van der Waals surface area (Å²) in [6.45, 7) is 0. The molecule has 0 N–H and O–H groups in total. The number of para-hydroxylation sites is 1. The van der Waals surface area contributed by atoms with Crippen LogP contribution >= 0.6 is 11.6 Å². The fourth-order valence-electron chi connectivity index (χ4n) is 3.21. The Morgan fingerprint density at radius 3 is 2.33 bits per heavy atom. The average molecular weight is 373 g/mol. The molecule has 4 heteroatoms. The van der Waals surface area contributed by atoms with Crippen molar-refractivity contribution in [1.82, 2.24) is 4.98 Å². The molecule has 1 aromatic heterocycles. The molecule has 0 spiro atoms. The standard InChI is InChI=1S/C23H17ClN2O/c24-19-11-9-17(10-12-19)21-14-18(22-8-4-5-13-25-22)15-26(23(21)16-27)20-6-2-1-3-7-20/h1-16,23H. The number of nitrogens with zero attached hydrogens (tertiary/aromatic N) is 2. The number of allylic oxidation sites excluding steroid dienone is 2. The molecule has 3 aromatic rings. The lowest BCUT2D eigenvalue weighted by Crippen LogP contribution is -2.35. The highest BCUT2D eigenvalue weighted by Crippen LogP contribution is 2.34. The van der Waals surface area contributed by atoms with Crippen LogP contribution in [0.3, 0.4) is 0 Å². The number of pyridine rings is 1. The molecular formula is C23H17ClN2O. The summed E-state index contributed by atoms with van der Waals surface area (Å²) in [6, 6.07) is 22.8. The Kier molecular flexibility index (Phi) is 4.86. The van der Waals surface area contributed by atoms with Gasteiger partial charge >= 0.3 is 0 Å². The largest absolute Gasteiger partial charge is 0.333 e. The second-order valence-electron chi connectivity index (χ2n) is 6.23. The molecule has 0 bridgehead atoms. The zero-order valence-corrected chi connectivity index (χ0v) is 15.3. The van der Waals surface area contributed by atoms with Crippen LogP contribution < -0.4 is 4.90 Å². The van der Waals surface area contributed by atoms with E-state index in [0.717, 1.165) is 34.4 Å². The topological polar surface area (TPSA) is 33.2 Å². The molecule has 1 atom stereocenters. The summed E-state index contributed by atoms with van der Waals surface area (Å²) in [4.78, 5) is 18.5. The number of rotatable bonds is 4. The number of halogens is 1. The van der Waals surface area contributed by atoms with Gasteiger partial charge in [0, 0.05) is 28.7 Å². The molecule has 0 saturated carbocycles. The van der Waals surface area contributed by atoms with Crippen molar-refractivity contribution >= 4 is 34.7 Å². The van der Waals surface area contributed by atoms with E-state index >= 15 is 0 Å². The molecule has 0 aliphatic carbocycles. The second-order valence-corrected chi connectivity index (χ2v) is 6.67. The highest BCUT2D eigenvalue weighted by molar-refractivity contribution is 6.30. The van der Waals surface area contributed by atoms with Crippen LogP contribution in [0.15, 0.2) is 91.3 Å². The number of anilines is 1. The van der Waals surface area contributed by atoms with Gasteiger partial charge in [-0.3, -0.25) is 4.98 Å². The summed E-state index contributed by atoms with van der Waals surface area (Å²) < 4.78 is 0. The van der Waals surface area contributed by atoms with E-state index in [1.165, 1.54) is 0 Å². The lowest BCUT2D eigenvalue weighted by molar-refractivity contribution is -0.107. The number of carbonyl (C=O) groups excluding carboxylic acids is 1. The molecule has 2 aromatic carbocycles. The predicted molar refractivity (Wildman–Crippen MR) is 110 cm³/mol. The first-order chi connectivity index (χ1) is 13.3. The van der Waals surface area contributed by atoms with E-state index in [9.17, 15) is 4.79 Å². The first kappa shape index (κ1) is 17.3. The van der Waals surface area contributed by atoms with Crippen LogP contribution in [0.4, 0.5) is 5.69 Å². The van der Waals surface area contributed by atoms with Gasteiger partial charge in [-0.25, -0.2) is 0 Å². The molecule has 2 heterocycles. The third-order valence-corrected chi connectivity index (χ3v) is 4.78. The minimum Gasteiger partial charge on any atom is -0.333 e. The van der Waals surface area contributed by atoms with E-state index < -0.39 is 6.04 Å². The Labute approximate surface area is 163 Å². The first-order valence-electron chi connectivity index (χ1n) is 8.66. The van der Waals surface area contributed by atoms with Gasteiger partial charge in [-0.2, -0.15) is 0 Å². The highest BCUT2D eigenvalue weighted by atomic mass is 35.5.